The van der Waals surface area contributed by atoms with E-state index in [1.807, 2.05) is 0 Å². The summed E-state index contributed by atoms with van der Waals surface area (Å²) in [5.74, 6) is -0.365. The van der Waals surface area contributed by atoms with Crippen LogP contribution in [0.2, 0.25) is 5.02 Å². The van der Waals surface area contributed by atoms with Gasteiger partial charge in [0.2, 0.25) is 5.91 Å². The molecule has 0 radical (unpaired) electrons. The van der Waals surface area contributed by atoms with Crippen LogP contribution in [0, 0.1) is 0 Å². The van der Waals surface area contributed by atoms with Crippen molar-refractivity contribution in [1.29, 1.82) is 0 Å². The number of hydrogen-bond acceptors (Lipinski definition) is 7. The minimum Gasteiger partial charge on any atom is -0.497 e. The first-order valence-corrected chi connectivity index (χ1v) is 10.5. The number of aromatic nitrogens is 1. The van der Waals surface area contributed by atoms with E-state index in [4.69, 9.17) is 21.1 Å². The summed E-state index contributed by atoms with van der Waals surface area (Å²) in [5.41, 5.74) is 0.503. The van der Waals surface area contributed by atoms with Gasteiger partial charge >= 0.3 is 0 Å². The van der Waals surface area contributed by atoms with Gasteiger partial charge in [-0.15, -0.1) is 0 Å². The van der Waals surface area contributed by atoms with Crippen LogP contribution in [0.25, 0.3) is 10.2 Å². The van der Waals surface area contributed by atoms with Crippen molar-refractivity contribution in [3.05, 3.63) is 41.4 Å². The third-order valence-electron chi connectivity index (χ3n) is 3.66. The first-order valence-electron chi connectivity index (χ1n) is 7.64. The van der Waals surface area contributed by atoms with Gasteiger partial charge in [-0.1, -0.05) is 22.9 Å². The second-order valence-corrected chi connectivity index (χ2v) is 8.83. The van der Waals surface area contributed by atoms with Crippen molar-refractivity contribution in [2.45, 2.75) is 4.90 Å². The molecule has 10 heteroatoms. The Morgan fingerprint density at radius 3 is 2.48 bits per heavy atom. The van der Waals surface area contributed by atoms with Crippen LogP contribution in [0.3, 0.4) is 0 Å². The molecule has 7 nitrogen and oxygen atoms in total. The van der Waals surface area contributed by atoms with Crippen LogP contribution < -0.4 is 14.8 Å². The number of sulfone groups is 1. The molecule has 1 aromatic heterocycles. The maximum absolute atomic E-state index is 12.4. The van der Waals surface area contributed by atoms with Gasteiger partial charge in [-0.25, -0.2) is 13.4 Å². The Kier molecular flexibility index (Phi) is 5.54. The summed E-state index contributed by atoms with van der Waals surface area (Å²) in [5, 5.41) is 3.22. The molecule has 0 fully saturated rings. The van der Waals surface area contributed by atoms with E-state index in [1.165, 1.54) is 38.5 Å². The maximum Gasteiger partial charge on any atom is 0.241 e. The lowest BCUT2D eigenvalue weighted by Gasteiger charge is -2.05. The number of amides is 1. The fraction of sp³-hybridized carbons (Fsp3) is 0.176. The van der Waals surface area contributed by atoms with Crippen LogP contribution >= 0.6 is 22.9 Å². The van der Waals surface area contributed by atoms with Gasteiger partial charge in [-0.2, -0.15) is 0 Å². The number of anilines is 1. The average molecular weight is 427 g/mol. The number of ether oxygens (including phenoxy) is 2. The van der Waals surface area contributed by atoms with Gasteiger partial charge in [0.15, 0.2) is 15.0 Å². The fourth-order valence-electron chi connectivity index (χ4n) is 2.36. The van der Waals surface area contributed by atoms with E-state index in [0.717, 1.165) is 11.3 Å². The van der Waals surface area contributed by atoms with Crippen LogP contribution in [0.15, 0.2) is 41.3 Å². The van der Waals surface area contributed by atoms with E-state index in [1.54, 1.807) is 12.1 Å². The number of carbonyl (C=O) groups is 1. The first kappa shape index (κ1) is 19.4. The number of benzene rings is 2. The first-order chi connectivity index (χ1) is 12.8. The second-order valence-electron chi connectivity index (χ2n) is 5.43. The van der Waals surface area contributed by atoms with E-state index in [9.17, 15) is 13.2 Å². The lowest BCUT2D eigenvalue weighted by Crippen LogP contribution is -2.22. The number of methoxy groups -OCH3 is 2. The molecule has 0 spiro atoms. The molecule has 0 saturated heterocycles. The van der Waals surface area contributed by atoms with E-state index in [0.29, 0.717) is 26.7 Å². The molecule has 3 rings (SSSR count). The van der Waals surface area contributed by atoms with Crippen molar-refractivity contribution in [1.82, 2.24) is 4.98 Å². The molecule has 1 N–H and O–H groups in total. The number of rotatable bonds is 6. The zero-order valence-corrected chi connectivity index (χ0v) is 16.7. The molecule has 1 amide bonds. The molecule has 0 aliphatic rings. The van der Waals surface area contributed by atoms with E-state index >= 15 is 0 Å². The van der Waals surface area contributed by atoms with E-state index in [2.05, 4.69) is 10.3 Å². The van der Waals surface area contributed by atoms with Crippen LogP contribution in [-0.2, 0) is 14.6 Å². The predicted octanol–water partition coefficient (Wildman–Crippen LogP) is 3.38. The molecular formula is C17H15ClN2O5S2. The summed E-state index contributed by atoms with van der Waals surface area (Å²) < 4.78 is 35.7. The number of hydrogen-bond donors (Lipinski definition) is 1. The predicted molar refractivity (Wildman–Crippen MR) is 105 cm³/mol. The Bertz CT molecular complexity index is 1090. The molecule has 2 aromatic carbocycles. The lowest BCUT2D eigenvalue weighted by molar-refractivity contribution is -0.113. The molecule has 0 atom stereocenters. The molecule has 0 aliphatic carbocycles. The zero-order valence-electron chi connectivity index (χ0n) is 14.4. The quantitative estimate of drug-likeness (QED) is 0.649. The number of thiazole rings is 1. The Labute approximate surface area is 164 Å². The number of nitrogens with one attached hydrogen (secondary N) is 1. The third kappa shape index (κ3) is 4.15. The highest BCUT2D eigenvalue weighted by molar-refractivity contribution is 7.92. The summed E-state index contributed by atoms with van der Waals surface area (Å²) in [6, 6.07) is 9.16. The molecule has 3 aromatic rings. The molecule has 0 aliphatic heterocycles. The number of nitrogens with zero attached hydrogens (tertiary/aromatic N) is 1. The van der Waals surface area contributed by atoms with E-state index < -0.39 is 21.5 Å². The Morgan fingerprint density at radius 2 is 1.85 bits per heavy atom. The minimum absolute atomic E-state index is 0.0347. The Morgan fingerprint density at radius 1 is 1.15 bits per heavy atom. The third-order valence-corrected chi connectivity index (χ3v) is 6.73. The largest absolute Gasteiger partial charge is 0.497 e. The molecule has 0 saturated carbocycles. The van der Waals surface area contributed by atoms with Crippen LogP contribution in [0.5, 0.6) is 11.5 Å². The highest BCUT2D eigenvalue weighted by atomic mass is 35.5. The fourth-order valence-corrected chi connectivity index (χ4v) is 4.67. The van der Waals surface area contributed by atoms with Gasteiger partial charge in [0, 0.05) is 0 Å². The van der Waals surface area contributed by atoms with Crippen LogP contribution in [-0.4, -0.2) is 39.3 Å². The van der Waals surface area contributed by atoms with Gasteiger partial charge in [0.05, 0.1) is 28.8 Å². The highest BCUT2D eigenvalue weighted by Crippen LogP contribution is 2.37. The lowest BCUT2D eigenvalue weighted by atomic mass is 10.3. The highest BCUT2D eigenvalue weighted by Gasteiger charge is 2.21. The number of carbonyl (C=O) groups excluding carboxylic acids is 1. The number of fused-ring (bicyclic) bond motifs is 1. The topological polar surface area (TPSA) is 94.6 Å². The normalized spacial score (nSPS) is 11.4. The molecular weight excluding hydrogens is 412 g/mol. The smallest absolute Gasteiger partial charge is 0.241 e. The second kappa shape index (κ2) is 7.71. The van der Waals surface area contributed by atoms with Gasteiger partial charge in [-0.05, 0) is 36.4 Å². The zero-order chi connectivity index (χ0) is 19.6. The van der Waals surface area contributed by atoms with Crippen LogP contribution in [0.1, 0.15) is 0 Å². The maximum atomic E-state index is 12.4. The standard InChI is InChI=1S/C17H15ClN2O5S2/c1-24-10-3-5-11(6-4-10)27(22,23)9-14(21)19-17-20-15-13(25-2)8-7-12(18)16(15)26-17/h3-8H,9H2,1-2H3,(H,19,20,21). The average Bonchev–Trinajstić information content (AvgIpc) is 3.06. The Balaban J connectivity index is 1.79. The van der Waals surface area contributed by atoms with Crippen molar-refractivity contribution in [3.63, 3.8) is 0 Å². The van der Waals surface area contributed by atoms with Gasteiger partial charge in [0.1, 0.15) is 22.8 Å². The van der Waals surface area contributed by atoms with Crippen molar-refractivity contribution in [2.24, 2.45) is 0 Å². The summed E-state index contributed by atoms with van der Waals surface area (Å²) in [6.45, 7) is 0. The van der Waals surface area contributed by atoms with Crippen LogP contribution in [0.4, 0.5) is 5.13 Å². The summed E-state index contributed by atoms with van der Waals surface area (Å²) in [4.78, 5) is 16.5. The molecule has 27 heavy (non-hydrogen) atoms. The summed E-state index contributed by atoms with van der Waals surface area (Å²) >= 11 is 7.29. The molecule has 1 heterocycles. The molecule has 0 unspecified atom stereocenters. The Hall–Kier alpha value is -2.36. The SMILES string of the molecule is COc1ccc(S(=O)(=O)CC(=O)Nc2nc3c(OC)ccc(Cl)c3s2)cc1. The molecule has 0 bridgehead atoms. The van der Waals surface area contributed by atoms with Crippen molar-refractivity contribution >= 4 is 54.0 Å². The van der Waals surface area contributed by atoms with E-state index in [-0.39, 0.29) is 10.0 Å². The minimum atomic E-state index is -3.80. The summed E-state index contributed by atoms with van der Waals surface area (Å²) in [7, 11) is -0.813. The molecule has 142 valence electrons. The summed E-state index contributed by atoms with van der Waals surface area (Å²) in [6.07, 6.45) is 0. The van der Waals surface area contributed by atoms with Gasteiger partial charge in [0.25, 0.3) is 0 Å². The van der Waals surface area contributed by atoms with Gasteiger partial charge < -0.3 is 14.8 Å². The number of halogens is 1. The van der Waals surface area contributed by atoms with Gasteiger partial charge in [-0.3, -0.25) is 4.79 Å². The van der Waals surface area contributed by atoms with Crippen molar-refractivity contribution in [2.75, 3.05) is 25.3 Å². The monoisotopic (exact) mass is 426 g/mol. The van der Waals surface area contributed by atoms with Crippen molar-refractivity contribution < 1.29 is 22.7 Å². The van der Waals surface area contributed by atoms with Crippen molar-refractivity contribution in [3.8, 4) is 11.5 Å².